The van der Waals surface area contributed by atoms with Crippen molar-refractivity contribution in [3.8, 4) is 0 Å². The largest absolute Gasteiger partial charge is 0.355 e. The molecular formula is C15H29N3O. The Morgan fingerprint density at radius 2 is 2.11 bits per heavy atom. The normalized spacial score (nSPS) is 23.9. The van der Waals surface area contributed by atoms with E-state index in [1.54, 1.807) is 0 Å². The number of carbonyl (C=O) groups is 1. The molecule has 0 aromatic carbocycles. The van der Waals surface area contributed by atoms with Gasteiger partial charge in [0.05, 0.1) is 6.54 Å². The molecule has 0 radical (unpaired) electrons. The summed E-state index contributed by atoms with van der Waals surface area (Å²) in [5.41, 5.74) is 0. The van der Waals surface area contributed by atoms with E-state index >= 15 is 0 Å². The summed E-state index contributed by atoms with van der Waals surface area (Å²) in [6, 6.07) is 0.989. The van der Waals surface area contributed by atoms with Crippen molar-refractivity contribution in [1.82, 2.24) is 15.5 Å². The Balaban J connectivity index is 1.72. The molecule has 19 heavy (non-hydrogen) atoms. The molecule has 4 nitrogen and oxygen atoms in total. The molecule has 0 bridgehead atoms. The Morgan fingerprint density at radius 3 is 2.68 bits per heavy atom. The summed E-state index contributed by atoms with van der Waals surface area (Å²) in [5.74, 6) is 0.952. The topological polar surface area (TPSA) is 44.4 Å². The minimum absolute atomic E-state index is 0.191. The van der Waals surface area contributed by atoms with Crippen LogP contribution >= 0.6 is 0 Å². The summed E-state index contributed by atoms with van der Waals surface area (Å²) in [4.78, 5) is 14.3. The fourth-order valence-electron chi connectivity index (χ4n) is 2.64. The molecule has 2 N–H and O–H groups in total. The molecule has 2 fully saturated rings. The highest BCUT2D eigenvalue weighted by Crippen LogP contribution is 2.27. The number of amides is 1. The average Bonchev–Trinajstić information content (AvgIpc) is 3.21. The molecule has 1 saturated heterocycles. The Labute approximate surface area is 117 Å². The second-order valence-electron chi connectivity index (χ2n) is 6.42. The zero-order valence-electron chi connectivity index (χ0n) is 12.5. The molecule has 1 unspecified atom stereocenters. The third kappa shape index (κ3) is 5.49. The van der Waals surface area contributed by atoms with Gasteiger partial charge in [0.25, 0.3) is 0 Å². The van der Waals surface area contributed by atoms with Crippen LogP contribution in [0, 0.1) is 5.92 Å². The van der Waals surface area contributed by atoms with Crippen molar-refractivity contribution in [3.63, 3.8) is 0 Å². The van der Waals surface area contributed by atoms with Gasteiger partial charge in [-0.05, 0) is 52.0 Å². The van der Waals surface area contributed by atoms with Gasteiger partial charge in [0, 0.05) is 25.2 Å². The fourth-order valence-corrected chi connectivity index (χ4v) is 2.64. The van der Waals surface area contributed by atoms with E-state index in [0.717, 1.165) is 25.6 Å². The number of piperidine rings is 1. The summed E-state index contributed by atoms with van der Waals surface area (Å²) in [6.45, 7) is 7.90. The van der Waals surface area contributed by atoms with Gasteiger partial charge < -0.3 is 10.6 Å². The molecule has 4 heteroatoms. The lowest BCUT2D eigenvalue weighted by Crippen LogP contribution is -2.49. The third-order valence-electron chi connectivity index (χ3n) is 4.23. The SMILES string of the molecule is CC(C)N(CC(=O)NCC1CC1)CC1CCCCN1. The zero-order chi connectivity index (χ0) is 13.7. The van der Waals surface area contributed by atoms with Gasteiger partial charge in [0.1, 0.15) is 0 Å². The molecular weight excluding hydrogens is 238 g/mol. The van der Waals surface area contributed by atoms with Crippen molar-refractivity contribution >= 4 is 5.91 Å². The number of hydrogen-bond donors (Lipinski definition) is 2. The van der Waals surface area contributed by atoms with Crippen molar-refractivity contribution in [3.05, 3.63) is 0 Å². The van der Waals surface area contributed by atoms with Crippen molar-refractivity contribution in [2.45, 2.75) is 58.0 Å². The zero-order valence-corrected chi connectivity index (χ0v) is 12.5. The van der Waals surface area contributed by atoms with Gasteiger partial charge in [-0.25, -0.2) is 0 Å². The Hall–Kier alpha value is -0.610. The standard InChI is InChI=1S/C15H29N3O/c1-12(2)18(10-14-5-3-4-8-16-14)11-15(19)17-9-13-6-7-13/h12-14,16H,3-11H2,1-2H3,(H,17,19). The maximum atomic E-state index is 12.0. The number of nitrogens with zero attached hydrogens (tertiary/aromatic N) is 1. The number of hydrogen-bond acceptors (Lipinski definition) is 3. The van der Waals surface area contributed by atoms with Crippen molar-refractivity contribution in [1.29, 1.82) is 0 Å². The van der Waals surface area contributed by atoms with Crippen LogP contribution in [0.3, 0.4) is 0 Å². The Morgan fingerprint density at radius 1 is 1.32 bits per heavy atom. The summed E-state index contributed by atoms with van der Waals surface area (Å²) in [7, 11) is 0. The van der Waals surface area contributed by atoms with Gasteiger partial charge in [-0.15, -0.1) is 0 Å². The number of nitrogens with one attached hydrogen (secondary N) is 2. The van der Waals surface area contributed by atoms with E-state index in [1.165, 1.54) is 32.1 Å². The molecule has 1 heterocycles. The lowest BCUT2D eigenvalue weighted by atomic mass is 10.0. The lowest BCUT2D eigenvalue weighted by molar-refractivity contribution is -0.122. The van der Waals surface area contributed by atoms with Gasteiger partial charge in [0.15, 0.2) is 0 Å². The highest BCUT2D eigenvalue weighted by atomic mass is 16.2. The van der Waals surface area contributed by atoms with Gasteiger partial charge >= 0.3 is 0 Å². The van der Waals surface area contributed by atoms with E-state index in [1.807, 2.05) is 0 Å². The van der Waals surface area contributed by atoms with E-state index in [-0.39, 0.29) is 5.91 Å². The monoisotopic (exact) mass is 267 g/mol. The van der Waals surface area contributed by atoms with Crippen molar-refractivity contribution in [2.24, 2.45) is 5.92 Å². The van der Waals surface area contributed by atoms with E-state index in [2.05, 4.69) is 29.4 Å². The first-order chi connectivity index (χ1) is 9.15. The number of rotatable bonds is 7. The highest BCUT2D eigenvalue weighted by molar-refractivity contribution is 5.78. The van der Waals surface area contributed by atoms with Crippen LogP contribution < -0.4 is 10.6 Å². The van der Waals surface area contributed by atoms with Crippen LogP contribution in [0.1, 0.15) is 46.0 Å². The minimum atomic E-state index is 0.191. The summed E-state index contributed by atoms with van der Waals surface area (Å²) in [6.07, 6.45) is 6.44. The van der Waals surface area contributed by atoms with Crippen LogP contribution in [0.2, 0.25) is 0 Å². The first-order valence-electron chi connectivity index (χ1n) is 7.89. The Kier molecular flexibility index (Phi) is 5.64. The first kappa shape index (κ1) is 14.8. The van der Waals surface area contributed by atoms with Crippen LogP contribution in [-0.2, 0) is 4.79 Å². The predicted octanol–water partition coefficient (Wildman–Crippen LogP) is 1.37. The first-order valence-corrected chi connectivity index (χ1v) is 7.89. The predicted molar refractivity (Wildman–Crippen MR) is 78.1 cm³/mol. The van der Waals surface area contributed by atoms with E-state index in [9.17, 15) is 4.79 Å². The third-order valence-corrected chi connectivity index (χ3v) is 4.23. The quantitative estimate of drug-likeness (QED) is 0.732. The van der Waals surface area contributed by atoms with Gasteiger partial charge in [-0.1, -0.05) is 6.42 Å². The maximum absolute atomic E-state index is 12.0. The fraction of sp³-hybridized carbons (Fsp3) is 0.933. The van der Waals surface area contributed by atoms with E-state index < -0.39 is 0 Å². The molecule has 110 valence electrons. The van der Waals surface area contributed by atoms with Crippen molar-refractivity contribution in [2.75, 3.05) is 26.2 Å². The average molecular weight is 267 g/mol. The van der Waals surface area contributed by atoms with Crippen LogP contribution in [0.5, 0.6) is 0 Å². The van der Waals surface area contributed by atoms with Gasteiger partial charge in [-0.3, -0.25) is 9.69 Å². The molecule has 2 rings (SSSR count). The number of carbonyl (C=O) groups excluding carboxylic acids is 1. The van der Waals surface area contributed by atoms with Gasteiger partial charge in [0.2, 0.25) is 5.91 Å². The molecule has 1 atom stereocenters. The van der Waals surface area contributed by atoms with E-state index in [4.69, 9.17) is 0 Å². The molecule has 0 aromatic rings. The van der Waals surface area contributed by atoms with Gasteiger partial charge in [-0.2, -0.15) is 0 Å². The molecule has 2 aliphatic rings. The smallest absolute Gasteiger partial charge is 0.234 e. The lowest BCUT2D eigenvalue weighted by Gasteiger charge is -2.32. The molecule has 0 aromatic heterocycles. The molecule has 1 saturated carbocycles. The van der Waals surface area contributed by atoms with Crippen LogP contribution in [0.4, 0.5) is 0 Å². The molecule has 0 spiro atoms. The Bertz CT molecular complexity index is 283. The summed E-state index contributed by atoms with van der Waals surface area (Å²) >= 11 is 0. The second-order valence-corrected chi connectivity index (χ2v) is 6.42. The van der Waals surface area contributed by atoms with Crippen molar-refractivity contribution < 1.29 is 4.79 Å². The van der Waals surface area contributed by atoms with Crippen LogP contribution in [0.25, 0.3) is 0 Å². The van der Waals surface area contributed by atoms with E-state index in [0.29, 0.717) is 18.6 Å². The maximum Gasteiger partial charge on any atom is 0.234 e. The molecule has 1 aliphatic carbocycles. The van der Waals surface area contributed by atoms with Crippen LogP contribution in [0.15, 0.2) is 0 Å². The second kappa shape index (κ2) is 7.25. The molecule has 1 amide bonds. The minimum Gasteiger partial charge on any atom is -0.355 e. The van der Waals surface area contributed by atoms with Crippen LogP contribution in [-0.4, -0.2) is 49.1 Å². The summed E-state index contributed by atoms with van der Waals surface area (Å²) in [5, 5.41) is 6.63. The summed E-state index contributed by atoms with van der Waals surface area (Å²) < 4.78 is 0. The highest BCUT2D eigenvalue weighted by Gasteiger charge is 2.23. The molecule has 1 aliphatic heterocycles.